The fourth-order valence-electron chi connectivity index (χ4n) is 4.22. The number of nitrogens with two attached hydrogens (primary N) is 1. The first kappa shape index (κ1) is 21.4. The lowest BCUT2D eigenvalue weighted by Gasteiger charge is -2.29. The lowest BCUT2D eigenvalue weighted by atomic mass is 9.86. The number of amides is 2. The molecular formula is C21H31N3O5. The van der Waals surface area contributed by atoms with Crippen LogP contribution in [0.4, 0.5) is 0 Å². The monoisotopic (exact) mass is 405 g/mol. The van der Waals surface area contributed by atoms with E-state index in [9.17, 15) is 19.8 Å². The normalized spacial score (nSPS) is 25.5. The number of aliphatic hydroxyl groups is 1. The van der Waals surface area contributed by atoms with Crippen LogP contribution in [-0.2, 0) is 9.59 Å². The van der Waals surface area contributed by atoms with Crippen molar-refractivity contribution in [2.45, 2.75) is 56.7 Å². The molecule has 1 aromatic carbocycles. The van der Waals surface area contributed by atoms with Crippen LogP contribution < -0.4 is 15.8 Å². The van der Waals surface area contributed by atoms with Crippen molar-refractivity contribution in [3.63, 3.8) is 0 Å². The number of carbonyl (C=O) groups excluding carboxylic acids is 2. The number of hydrogen-bond donors (Lipinski definition) is 4. The van der Waals surface area contributed by atoms with Gasteiger partial charge in [0, 0.05) is 19.1 Å². The second kappa shape index (κ2) is 9.45. The number of methoxy groups -OCH3 is 1. The zero-order valence-corrected chi connectivity index (χ0v) is 16.8. The van der Waals surface area contributed by atoms with Gasteiger partial charge in [-0.05, 0) is 62.1 Å². The molecule has 1 aromatic rings. The molecule has 5 N–H and O–H groups in total. The van der Waals surface area contributed by atoms with Gasteiger partial charge in [-0.1, -0.05) is 6.07 Å². The van der Waals surface area contributed by atoms with Gasteiger partial charge in [-0.2, -0.15) is 0 Å². The van der Waals surface area contributed by atoms with E-state index in [1.165, 1.54) is 30.2 Å². The number of benzene rings is 1. The number of aromatic hydroxyl groups is 1. The fraction of sp³-hybridized carbons (Fsp3) is 0.619. The maximum Gasteiger partial charge on any atom is 0.256 e. The van der Waals surface area contributed by atoms with E-state index in [0.717, 1.165) is 25.7 Å². The summed E-state index contributed by atoms with van der Waals surface area (Å²) in [4.78, 5) is 27.0. The second-order valence-electron chi connectivity index (χ2n) is 8.05. The van der Waals surface area contributed by atoms with Gasteiger partial charge in [-0.3, -0.25) is 9.59 Å². The molecule has 3 rings (SSSR count). The van der Waals surface area contributed by atoms with Gasteiger partial charge in [0.05, 0.1) is 7.11 Å². The summed E-state index contributed by atoms with van der Waals surface area (Å²) in [6, 6.07) is 3.97. The minimum absolute atomic E-state index is 0.0713. The first-order chi connectivity index (χ1) is 13.9. The van der Waals surface area contributed by atoms with Crippen LogP contribution in [0.3, 0.4) is 0 Å². The highest BCUT2D eigenvalue weighted by Crippen LogP contribution is 2.31. The summed E-state index contributed by atoms with van der Waals surface area (Å²) >= 11 is 0. The van der Waals surface area contributed by atoms with Crippen LogP contribution in [0.2, 0.25) is 0 Å². The summed E-state index contributed by atoms with van der Waals surface area (Å²) in [5.41, 5.74) is 6.24. The predicted molar refractivity (Wildman–Crippen MR) is 107 cm³/mol. The van der Waals surface area contributed by atoms with Crippen molar-refractivity contribution >= 4 is 11.8 Å². The summed E-state index contributed by atoms with van der Waals surface area (Å²) < 4.78 is 5.04. The van der Waals surface area contributed by atoms with Gasteiger partial charge in [-0.25, -0.2) is 0 Å². The lowest BCUT2D eigenvalue weighted by Crippen LogP contribution is -2.48. The third-order valence-corrected chi connectivity index (χ3v) is 6.05. The van der Waals surface area contributed by atoms with Crippen molar-refractivity contribution in [2.75, 3.05) is 20.2 Å². The average molecular weight is 405 g/mol. The quantitative estimate of drug-likeness (QED) is 0.561. The molecule has 1 saturated carbocycles. The second-order valence-corrected chi connectivity index (χ2v) is 8.05. The SMILES string of the molecule is COc1cc([C@H](O)C(=O)N2CCC[C@H]2C(=O)NCC2CCC(N)CC2)ccc1O. The van der Waals surface area contributed by atoms with E-state index in [0.29, 0.717) is 37.4 Å². The minimum atomic E-state index is -1.42. The highest BCUT2D eigenvalue weighted by molar-refractivity contribution is 5.90. The molecule has 0 bridgehead atoms. The molecule has 2 atom stereocenters. The Balaban J connectivity index is 1.60. The van der Waals surface area contributed by atoms with Crippen LogP contribution in [0.15, 0.2) is 18.2 Å². The number of hydrogen-bond acceptors (Lipinski definition) is 6. The molecule has 2 fully saturated rings. The van der Waals surface area contributed by atoms with Gasteiger partial charge >= 0.3 is 0 Å². The van der Waals surface area contributed by atoms with E-state index >= 15 is 0 Å². The largest absolute Gasteiger partial charge is 0.504 e. The van der Waals surface area contributed by atoms with Crippen LogP contribution in [0.1, 0.15) is 50.2 Å². The first-order valence-electron chi connectivity index (χ1n) is 10.3. The van der Waals surface area contributed by atoms with Gasteiger partial charge in [0.1, 0.15) is 6.04 Å². The van der Waals surface area contributed by atoms with Crippen molar-refractivity contribution in [3.8, 4) is 11.5 Å². The zero-order valence-electron chi connectivity index (χ0n) is 16.8. The Hall–Kier alpha value is -2.32. The Bertz CT molecular complexity index is 733. The molecule has 1 aliphatic carbocycles. The van der Waals surface area contributed by atoms with Crippen LogP contribution in [0.25, 0.3) is 0 Å². The molecule has 1 saturated heterocycles. The number of aliphatic hydroxyl groups excluding tert-OH is 1. The molecule has 1 heterocycles. The highest BCUT2D eigenvalue weighted by atomic mass is 16.5. The standard InChI is InChI=1S/C21H31N3O5/c1-29-18-11-14(6-9-17(18)25)19(26)21(28)24-10-2-3-16(24)20(27)23-12-13-4-7-15(22)8-5-13/h6,9,11,13,15-16,19,25-26H,2-5,7-8,10,12,22H2,1H3,(H,23,27)/t13?,15?,16-,19-/m0/s1. The van der Waals surface area contributed by atoms with E-state index < -0.39 is 18.1 Å². The molecule has 2 aliphatic rings. The number of carbonyl (C=O) groups is 2. The summed E-state index contributed by atoms with van der Waals surface area (Å²) in [6.45, 7) is 1.03. The number of phenolic OH excluding ortho intramolecular Hbond substituents is 1. The van der Waals surface area contributed by atoms with Gasteiger partial charge in [0.15, 0.2) is 17.6 Å². The third kappa shape index (κ3) is 5.00. The van der Waals surface area contributed by atoms with Crippen molar-refractivity contribution in [3.05, 3.63) is 23.8 Å². The van der Waals surface area contributed by atoms with Crippen LogP contribution >= 0.6 is 0 Å². The lowest BCUT2D eigenvalue weighted by molar-refractivity contribution is -0.145. The average Bonchev–Trinajstić information content (AvgIpc) is 3.22. The molecule has 8 nitrogen and oxygen atoms in total. The van der Waals surface area contributed by atoms with Gasteiger partial charge in [0.2, 0.25) is 5.91 Å². The molecular weight excluding hydrogens is 374 g/mol. The molecule has 0 unspecified atom stereocenters. The summed E-state index contributed by atoms with van der Waals surface area (Å²) in [6.07, 6.45) is 3.87. The Morgan fingerprint density at radius 1 is 1.28 bits per heavy atom. The van der Waals surface area contributed by atoms with Crippen LogP contribution in [0.5, 0.6) is 11.5 Å². The molecule has 1 aliphatic heterocycles. The number of nitrogens with zero attached hydrogens (tertiary/aromatic N) is 1. The van der Waals surface area contributed by atoms with Gasteiger partial charge < -0.3 is 30.9 Å². The highest BCUT2D eigenvalue weighted by Gasteiger charge is 2.37. The Labute approximate surface area is 171 Å². The molecule has 0 radical (unpaired) electrons. The number of nitrogens with one attached hydrogen (secondary N) is 1. The minimum Gasteiger partial charge on any atom is -0.504 e. The maximum atomic E-state index is 12.9. The van der Waals surface area contributed by atoms with E-state index in [1.807, 2.05) is 0 Å². The number of rotatable bonds is 6. The number of phenols is 1. The number of likely N-dealkylation sites (tertiary alicyclic amines) is 1. The summed E-state index contributed by atoms with van der Waals surface area (Å²) in [5, 5.41) is 23.2. The molecule has 2 amide bonds. The molecule has 0 aromatic heterocycles. The Morgan fingerprint density at radius 2 is 2.00 bits per heavy atom. The van der Waals surface area contributed by atoms with Crippen molar-refractivity contribution in [1.82, 2.24) is 10.2 Å². The predicted octanol–water partition coefficient (Wildman–Crippen LogP) is 1.06. The topological polar surface area (TPSA) is 125 Å². The summed E-state index contributed by atoms with van der Waals surface area (Å²) in [7, 11) is 1.40. The fourth-order valence-corrected chi connectivity index (χ4v) is 4.22. The molecule has 0 spiro atoms. The smallest absolute Gasteiger partial charge is 0.256 e. The van der Waals surface area contributed by atoms with Crippen molar-refractivity contribution in [1.29, 1.82) is 0 Å². The zero-order chi connectivity index (χ0) is 21.0. The Kier molecular flexibility index (Phi) is 6.97. The Morgan fingerprint density at radius 3 is 2.69 bits per heavy atom. The molecule has 160 valence electrons. The number of ether oxygens (including phenoxy) is 1. The van der Waals surface area contributed by atoms with Crippen molar-refractivity contribution in [2.24, 2.45) is 11.7 Å². The van der Waals surface area contributed by atoms with Crippen LogP contribution in [0, 0.1) is 5.92 Å². The van der Waals surface area contributed by atoms with Crippen molar-refractivity contribution < 1.29 is 24.5 Å². The first-order valence-corrected chi connectivity index (χ1v) is 10.3. The van der Waals surface area contributed by atoms with E-state index in [4.69, 9.17) is 10.5 Å². The summed E-state index contributed by atoms with van der Waals surface area (Å²) in [5.74, 6) is -0.144. The van der Waals surface area contributed by atoms with E-state index in [2.05, 4.69) is 5.32 Å². The van der Waals surface area contributed by atoms with Crippen LogP contribution in [-0.4, -0.2) is 59.2 Å². The van der Waals surface area contributed by atoms with Gasteiger partial charge in [0.25, 0.3) is 5.91 Å². The van der Waals surface area contributed by atoms with E-state index in [-0.39, 0.29) is 23.4 Å². The third-order valence-electron chi connectivity index (χ3n) is 6.05. The van der Waals surface area contributed by atoms with E-state index in [1.54, 1.807) is 0 Å². The van der Waals surface area contributed by atoms with Gasteiger partial charge in [-0.15, -0.1) is 0 Å². The maximum absolute atomic E-state index is 12.9. The molecule has 29 heavy (non-hydrogen) atoms. The molecule has 8 heteroatoms.